The van der Waals surface area contributed by atoms with Crippen molar-refractivity contribution < 1.29 is 23.0 Å². The van der Waals surface area contributed by atoms with Gasteiger partial charge >= 0.3 is 0 Å². The van der Waals surface area contributed by atoms with Crippen LogP contribution in [0, 0.1) is 11.6 Å². The third-order valence-corrected chi connectivity index (χ3v) is 2.15. The number of rotatable bonds is 7. The first-order valence-electron chi connectivity index (χ1n) is 5.68. The predicted octanol–water partition coefficient (Wildman–Crippen LogP) is 2.59. The van der Waals surface area contributed by atoms with Crippen molar-refractivity contribution in [3.63, 3.8) is 0 Å². The highest BCUT2D eigenvalue weighted by Crippen LogP contribution is 2.09. The van der Waals surface area contributed by atoms with Crippen molar-refractivity contribution in [2.24, 2.45) is 0 Å². The van der Waals surface area contributed by atoms with Crippen LogP contribution >= 0.6 is 0 Å². The van der Waals surface area contributed by atoms with Gasteiger partial charge in [0.05, 0.1) is 19.3 Å². The lowest BCUT2D eigenvalue weighted by molar-refractivity contribution is 0.0208. The van der Waals surface area contributed by atoms with Gasteiger partial charge in [0.25, 0.3) is 0 Å². The first-order chi connectivity index (χ1) is 8.50. The normalized spacial score (nSPS) is 10.9. The summed E-state index contributed by atoms with van der Waals surface area (Å²) in [5, 5.41) is 0. The van der Waals surface area contributed by atoms with Crippen LogP contribution in [0.5, 0.6) is 0 Å². The number of hydrogen-bond acceptors (Lipinski definition) is 3. The van der Waals surface area contributed by atoms with E-state index in [0.717, 1.165) is 12.1 Å². The van der Waals surface area contributed by atoms with Gasteiger partial charge in [0.2, 0.25) is 0 Å². The average Bonchev–Trinajstić information content (AvgIpc) is 2.31. The van der Waals surface area contributed by atoms with Crippen LogP contribution in [0.1, 0.15) is 24.2 Å². The van der Waals surface area contributed by atoms with Crippen LogP contribution in [0.3, 0.4) is 0 Å². The second-order valence-electron chi connectivity index (χ2n) is 4.02. The highest BCUT2D eigenvalue weighted by molar-refractivity contribution is 5.97. The van der Waals surface area contributed by atoms with Gasteiger partial charge in [-0.1, -0.05) is 0 Å². The van der Waals surface area contributed by atoms with Crippen molar-refractivity contribution in [1.82, 2.24) is 0 Å². The molecule has 1 aromatic rings. The summed E-state index contributed by atoms with van der Waals surface area (Å²) >= 11 is 0. The largest absolute Gasteiger partial charge is 0.376 e. The Hall–Kier alpha value is -1.33. The summed E-state index contributed by atoms with van der Waals surface area (Å²) in [6, 6.07) is 3.02. The number of carbonyl (C=O) groups excluding carboxylic acids is 1. The van der Waals surface area contributed by atoms with Gasteiger partial charge in [-0.3, -0.25) is 4.79 Å². The van der Waals surface area contributed by atoms with Crippen molar-refractivity contribution in [2.45, 2.75) is 20.0 Å². The molecule has 100 valence electrons. The minimum absolute atomic E-state index is 0.0960. The van der Waals surface area contributed by atoms with E-state index in [2.05, 4.69) is 0 Å². The Kier molecular flexibility index (Phi) is 5.88. The van der Waals surface area contributed by atoms with Crippen LogP contribution < -0.4 is 0 Å². The Morgan fingerprint density at radius 3 is 2.56 bits per heavy atom. The summed E-state index contributed by atoms with van der Waals surface area (Å²) in [6.45, 7) is 4.29. The second-order valence-corrected chi connectivity index (χ2v) is 4.02. The van der Waals surface area contributed by atoms with Gasteiger partial charge in [0.15, 0.2) is 17.4 Å². The van der Waals surface area contributed by atoms with E-state index >= 15 is 0 Å². The lowest BCUT2D eigenvalue weighted by Crippen LogP contribution is -2.14. The first kappa shape index (κ1) is 14.7. The van der Waals surface area contributed by atoms with Gasteiger partial charge in [-0.15, -0.1) is 0 Å². The lowest BCUT2D eigenvalue weighted by Gasteiger charge is -2.07. The fourth-order valence-electron chi connectivity index (χ4n) is 1.26. The molecule has 0 fully saturated rings. The Morgan fingerprint density at radius 2 is 1.94 bits per heavy atom. The molecule has 0 bridgehead atoms. The molecule has 0 saturated carbocycles. The zero-order valence-corrected chi connectivity index (χ0v) is 10.4. The maximum absolute atomic E-state index is 12.9. The van der Waals surface area contributed by atoms with E-state index < -0.39 is 17.4 Å². The van der Waals surface area contributed by atoms with Crippen LogP contribution in [0.15, 0.2) is 18.2 Å². The summed E-state index contributed by atoms with van der Waals surface area (Å²) in [7, 11) is 0. The van der Waals surface area contributed by atoms with Crippen LogP contribution in [0.25, 0.3) is 0 Å². The van der Waals surface area contributed by atoms with Gasteiger partial charge in [0, 0.05) is 5.56 Å². The van der Waals surface area contributed by atoms with E-state index in [1.54, 1.807) is 0 Å². The van der Waals surface area contributed by atoms with E-state index in [4.69, 9.17) is 9.47 Å². The molecule has 0 N–H and O–H groups in total. The molecule has 5 heteroatoms. The first-order valence-corrected chi connectivity index (χ1v) is 5.68. The van der Waals surface area contributed by atoms with Gasteiger partial charge in [0.1, 0.15) is 6.61 Å². The van der Waals surface area contributed by atoms with E-state index in [9.17, 15) is 13.6 Å². The van der Waals surface area contributed by atoms with Crippen molar-refractivity contribution in [2.75, 3.05) is 19.8 Å². The molecule has 0 radical (unpaired) electrons. The molecule has 0 unspecified atom stereocenters. The Labute approximate surface area is 105 Å². The van der Waals surface area contributed by atoms with Crippen LogP contribution in [0.2, 0.25) is 0 Å². The highest BCUT2D eigenvalue weighted by Gasteiger charge is 2.09. The van der Waals surface area contributed by atoms with Crippen molar-refractivity contribution in [3.05, 3.63) is 35.4 Å². The summed E-state index contributed by atoms with van der Waals surface area (Å²) in [5.41, 5.74) is 0.0960. The fraction of sp³-hybridized carbons (Fsp3) is 0.462. The van der Waals surface area contributed by atoms with Gasteiger partial charge in [-0.2, -0.15) is 0 Å². The quantitative estimate of drug-likeness (QED) is 0.557. The molecule has 1 rings (SSSR count). The van der Waals surface area contributed by atoms with E-state index in [1.807, 2.05) is 13.8 Å². The Balaban J connectivity index is 2.34. The molecule has 0 amide bonds. The van der Waals surface area contributed by atoms with E-state index in [1.165, 1.54) is 6.07 Å². The molecule has 3 nitrogen and oxygen atoms in total. The molecule has 0 aliphatic rings. The molecule has 18 heavy (non-hydrogen) atoms. The summed E-state index contributed by atoms with van der Waals surface area (Å²) < 4.78 is 35.8. The monoisotopic (exact) mass is 258 g/mol. The van der Waals surface area contributed by atoms with Gasteiger partial charge in [-0.25, -0.2) is 8.78 Å². The average molecular weight is 258 g/mol. The molecular weight excluding hydrogens is 242 g/mol. The smallest absolute Gasteiger partial charge is 0.188 e. The van der Waals surface area contributed by atoms with Crippen molar-refractivity contribution in [3.8, 4) is 0 Å². The number of ketones is 1. The maximum atomic E-state index is 12.9. The molecule has 1 aromatic carbocycles. The summed E-state index contributed by atoms with van der Waals surface area (Å²) in [6.07, 6.45) is 0.107. The van der Waals surface area contributed by atoms with E-state index in [-0.39, 0.29) is 24.9 Å². The highest BCUT2D eigenvalue weighted by atomic mass is 19.2. The molecule has 0 aliphatic carbocycles. The topological polar surface area (TPSA) is 35.5 Å². The van der Waals surface area contributed by atoms with Crippen LogP contribution in [-0.2, 0) is 9.47 Å². The second kappa shape index (κ2) is 7.18. The predicted molar refractivity (Wildman–Crippen MR) is 62.6 cm³/mol. The van der Waals surface area contributed by atoms with Crippen LogP contribution in [-0.4, -0.2) is 31.7 Å². The molecule has 0 atom stereocenters. The minimum Gasteiger partial charge on any atom is -0.376 e. The zero-order chi connectivity index (χ0) is 13.5. The van der Waals surface area contributed by atoms with Gasteiger partial charge < -0.3 is 9.47 Å². The standard InChI is InChI=1S/C13H16F2O3/c1-9(2)18-6-5-17-8-13(16)10-3-4-11(14)12(15)7-10/h3-4,7,9H,5-6,8H2,1-2H3. The molecular formula is C13H16F2O3. The SMILES string of the molecule is CC(C)OCCOCC(=O)c1ccc(F)c(F)c1. The summed E-state index contributed by atoms with van der Waals surface area (Å²) in [5.74, 6) is -2.40. The Morgan fingerprint density at radius 1 is 1.22 bits per heavy atom. The third kappa shape index (κ3) is 4.89. The number of ether oxygens (including phenoxy) is 2. The van der Waals surface area contributed by atoms with E-state index in [0.29, 0.717) is 6.61 Å². The lowest BCUT2D eigenvalue weighted by atomic mass is 10.1. The number of Topliss-reactive ketones (excluding diaryl/α,β-unsaturated/α-hetero) is 1. The molecule has 0 saturated heterocycles. The molecule has 0 aromatic heterocycles. The van der Waals surface area contributed by atoms with Crippen molar-refractivity contribution in [1.29, 1.82) is 0 Å². The third-order valence-electron chi connectivity index (χ3n) is 2.15. The molecule has 0 heterocycles. The fourth-order valence-corrected chi connectivity index (χ4v) is 1.26. The van der Waals surface area contributed by atoms with Crippen molar-refractivity contribution >= 4 is 5.78 Å². The van der Waals surface area contributed by atoms with Gasteiger partial charge in [-0.05, 0) is 32.0 Å². The van der Waals surface area contributed by atoms with Crippen LogP contribution in [0.4, 0.5) is 8.78 Å². The number of hydrogen-bond donors (Lipinski definition) is 0. The molecule has 0 spiro atoms. The number of carbonyl (C=O) groups is 1. The number of benzene rings is 1. The number of halogens is 2. The maximum Gasteiger partial charge on any atom is 0.188 e. The summed E-state index contributed by atoms with van der Waals surface area (Å²) in [4.78, 5) is 11.6. The minimum atomic E-state index is -1.04. The Bertz CT molecular complexity index is 405. The molecule has 0 aliphatic heterocycles. The zero-order valence-electron chi connectivity index (χ0n) is 10.4.